The summed E-state index contributed by atoms with van der Waals surface area (Å²) < 4.78 is 29.0. The van der Waals surface area contributed by atoms with Gasteiger partial charge in [0.05, 0.1) is 18.0 Å². The Balaban J connectivity index is 1.17. The molecule has 3 aromatic carbocycles. The Labute approximate surface area is 277 Å². The minimum Gasteiger partial charge on any atom is -0.508 e. The van der Waals surface area contributed by atoms with E-state index >= 15 is 4.39 Å². The quantitative estimate of drug-likeness (QED) is 0.233. The van der Waals surface area contributed by atoms with Gasteiger partial charge < -0.3 is 24.8 Å². The van der Waals surface area contributed by atoms with Crippen molar-refractivity contribution in [2.75, 3.05) is 38.3 Å². The second-order valence-electron chi connectivity index (χ2n) is 13.5. The molecule has 9 rings (SSSR count). The highest BCUT2D eigenvalue weighted by atomic mass is 19.1. The van der Waals surface area contributed by atoms with Crippen LogP contribution in [0.2, 0.25) is 0 Å². The van der Waals surface area contributed by atoms with Crippen molar-refractivity contribution in [3.05, 3.63) is 77.2 Å². The first-order valence-corrected chi connectivity index (χ1v) is 16.6. The number of benzene rings is 3. The number of piperazine rings is 1. The molecule has 0 aliphatic carbocycles. The third-order valence-electron chi connectivity index (χ3n) is 10.8. The number of nitrogens with one attached hydrogen (secondary N) is 1. The van der Waals surface area contributed by atoms with Crippen molar-refractivity contribution in [2.24, 2.45) is 0 Å². The standard InChI is InChI=1S/C38H35FN6O3/c1-3-22-6-4-7-23-14-27(46)16-29(32(22)23)34-33(39)35-30(17-40-34)36(44-19-25-8-9-26(20-44)41-25)43-37(42-35)48-21-38-12-5-13-45(38)18-24-15-28(47-2)10-11-31(24)38/h1,4,6-7,10-11,14-17,25-26,41,46H,5,8-9,12-13,18-21H2,2H3/t25-,26+,38?. The first-order valence-electron chi connectivity index (χ1n) is 16.6. The number of halogens is 1. The van der Waals surface area contributed by atoms with E-state index in [2.05, 4.69) is 38.2 Å². The van der Waals surface area contributed by atoms with Crippen LogP contribution >= 0.6 is 0 Å². The van der Waals surface area contributed by atoms with E-state index in [0.29, 0.717) is 51.8 Å². The molecule has 1 unspecified atom stereocenters. The van der Waals surface area contributed by atoms with Gasteiger partial charge >= 0.3 is 6.01 Å². The highest BCUT2D eigenvalue weighted by Crippen LogP contribution is 2.48. The first kappa shape index (κ1) is 29.2. The number of hydrogen-bond acceptors (Lipinski definition) is 9. The number of anilines is 1. The molecule has 0 saturated carbocycles. The predicted octanol–water partition coefficient (Wildman–Crippen LogP) is 5.50. The molecule has 10 heteroatoms. The predicted molar refractivity (Wildman–Crippen MR) is 182 cm³/mol. The van der Waals surface area contributed by atoms with Crippen molar-refractivity contribution in [2.45, 2.75) is 49.9 Å². The molecule has 48 heavy (non-hydrogen) atoms. The van der Waals surface area contributed by atoms with Crippen LogP contribution in [0.5, 0.6) is 17.5 Å². The van der Waals surface area contributed by atoms with Crippen molar-refractivity contribution >= 4 is 27.5 Å². The second kappa shape index (κ2) is 11.0. The van der Waals surface area contributed by atoms with Crippen molar-refractivity contribution in [1.82, 2.24) is 25.2 Å². The highest BCUT2D eigenvalue weighted by Gasteiger charge is 2.49. The fraction of sp³-hybridized carbons (Fsp3) is 0.342. The molecule has 3 fully saturated rings. The van der Waals surface area contributed by atoms with E-state index in [0.717, 1.165) is 57.6 Å². The molecule has 2 N–H and O–H groups in total. The zero-order chi connectivity index (χ0) is 32.6. The van der Waals surface area contributed by atoms with E-state index in [4.69, 9.17) is 25.9 Å². The Morgan fingerprint density at radius 3 is 2.79 bits per heavy atom. The van der Waals surface area contributed by atoms with Gasteiger partial charge in [0.1, 0.15) is 35.1 Å². The van der Waals surface area contributed by atoms with E-state index in [1.165, 1.54) is 17.2 Å². The number of methoxy groups -OCH3 is 1. The van der Waals surface area contributed by atoms with Gasteiger partial charge in [-0.15, -0.1) is 6.42 Å². The van der Waals surface area contributed by atoms with Gasteiger partial charge in [0.25, 0.3) is 0 Å². The summed E-state index contributed by atoms with van der Waals surface area (Å²) in [4.78, 5) is 19.0. The van der Waals surface area contributed by atoms with Gasteiger partial charge in [-0.1, -0.05) is 24.1 Å². The molecule has 4 aliphatic rings. The molecule has 9 nitrogen and oxygen atoms in total. The summed E-state index contributed by atoms with van der Waals surface area (Å²) in [5.41, 5.74) is 3.32. The number of fused-ring (bicyclic) bond motifs is 7. The molecule has 6 heterocycles. The molecule has 0 radical (unpaired) electrons. The number of pyridine rings is 1. The monoisotopic (exact) mass is 642 g/mol. The summed E-state index contributed by atoms with van der Waals surface area (Å²) in [6.07, 6.45) is 11.7. The molecular formula is C38H35FN6O3. The second-order valence-corrected chi connectivity index (χ2v) is 13.5. The van der Waals surface area contributed by atoms with Crippen molar-refractivity contribution in [3.63, 3.8) is 0 Å². The maximum atomic E-state index is 17.0. The number of ether oxygens (including phenoxy) is 2. The fourth-order valence-corrected chi connectivity index (χ4v) is 8.59. The number of aromatic nitrogens is 3. The summed E-state index contributed by atoms with van der Waals surface area (Å²) >= 11 is 0. The molecule has 2 bridgehead atoms. The van der Waals surface area contributed by atoms with Crippen LogP contribution in [-0.2, 0) is 12.1 Å². The number of phenols is 1. The smallest absolute Gasteiger partial charge is 0.319 e. The van der Waals surface area contributed by atoms with E-state index < -0.39 is 5.82 Å². The molecule has 3 saturated heterocycles. The topological polar surface area (TPSA) is 95.9 Å². The molecule has 0 amide bonds. The van der Waals surface area contributed by atoms with Crippen LogP contribution in [0.25, 0.3) is 32.9 Å². The summed E-state index contributed by atoms with van der Waals surface area (Å²) in [5.74, 6) is 3.54. The first-order chi connectivity index (χ1) is 23.4. The van der Waals surface area contributed by atoms with Gasteiger partial charge in [0, 0.05) is 54.4 Å². The molecule has 242 valence electrons. The van der Waals surface area contributed by atoms with E-state index in [1.807, 2.05) is 18.2 Å². The van der Waals surface area contributed by atoms with Gasteiger partial charge in [-0.2, -0.15) is 9.97 Å². The number of phenolic OH excluding ortho intramolecular Hbond substituents is 1. The van der Waals surface area contributed by atoms with Crippen molar-refractivity contribution < 1.29 is 19.0 Å². The number of nitrogens with zero attached hydrogens (tertiary/aromatic N) is 5. The molecular weight excluding hydrogens is 607 g/mol. The van der Waals surface area contributed by atoms with Crippen LogP contribution in [0.3, 0.4) is 0 Å². The Morgan fingerprint density at radius 2 is 1.98 bits per heavy atom. The summed E-state index contributed by atoms with van der Waals surface area (Å²) in [7, 11) is 1.69. The number of rotatable bonds is 6. The third kappa shape index (κ3) is 4.49. The Kier molecular flexibility index (Phi) is 6.71. The molecule has 3 atom stereocenters. The highest BCUT2D eigenvalue weighted by molar-refractivity contribution is 6.02. The number of hydrogen-bond donors (Lipinski definition) is 2. The lowest BCUT2D eigenvalue weighted by molar-refractivity contribution is 0.0826. The van der Waals surface area contributed by atoms with Crippen LogP contribution in [0, 0.1) is 18.2 Å². The average Bonchev–Trinajstić information content (AvgIpc) is 3.76. The molecule has 0 spiro atoms. The molecule has 5 aromatic rings. The fourth-order valence-electron chi connectivity index (χ4n) is 8.59. The zero-order valence-corrected chi connectivity index (χ0v) is 26.7. The van der Waals surface area contributed by atoms with E-state index in [-0.39, 0.29) is 28.5 Å². The summed E-state index contributed by atoms with van der Waals surface area (Å²) in [6.45, 7) is 3.63. The zero-order valence-electron chi connectivity index (χ0n) is 26.7. The van der Waals surface area contributed by atoms with Gasteiger partial charge in [-0.05, 0) is 79.1 Å². The van der Waals surface area contributed by atoms with Gasteiger partial charge in [0.2, 0.25) is 0 Å². The van der Waals surface area contributed by atoms with Crippen LogP contribution in [0.4, 0.5) is 10.2 Å². The van der Waals surface area contributed by atoms with E-state index in [1.54, 1.807) is 25.4 Å². The lowest BCUT2D eigenvalue weighted by atomic mass is 9.88. The Bertz CT molecular complexity index is 2160. The third-order valence-corrected chi connectivity index (χ3v) is 10.8. The molecule has 2 aromatic heterocycles. The van der Waals surface area contributed by atoms with Gasteiger partial charge in [0.15, 0.2) is 5.82 Å². The normalized spacial score (nSPS) is 23.0. The van der Waals surface area contributed by atoms with Crippen molar-refractivity contribution in [3.8, 4) is 41.1 Å². The van der Waals surface area contributed by atoms with Crippen molar-refractivity contribution in [1.29, 1.82) is 0 Å². The Hall–Kier alpha value is -4.98. The maximum absolute atomic E-state index is 17.0. The summed E-state index contributed by atoms with van der Waals surface area (Å²) in [5, 5.41) is 16.2. The van der Waals surface area contributed by atoms with Gasteiger partial charge in [-0.25, -0.2) is 4.39 Å². The Morgan fingerprint density at radius 1 is 1.12 bits per heavy atom. The maximum Gasteiger partial charge on any atom is 0.319 e. The number of aromatic hydroxyl groups is 1. The minimum absolute atomic E-state index is 0.00787. The van der Waals surface area contributed by atoms with Gasteiger partial charge in [-0.3, -0.25) is 9.88 Å². The van der Waals surface area contributed by atoms with Crippen LogP contribution in [0.1, 0.15) is 42.4 Å². The number of terminal acetylenes is 1. The van der Waals surface area contributed by atoms with E-state index in [9.17, 15) is 5.11 Å². The lowest BCUT2D eigenvalue weighted by Gasteiger charge is -2.35. The lowest BCUT2D eigenvalue weighted by Crippen LogP contribution is -2.51. The summed E-state index contributed by atoms with van der Waals surface area (Å²) in [6, 6.07) is 15.7. The van der Waals surface area contributed by atoms with Crippen LogP contribution in [0.15, 0.2) is 54.7 Å². The SMILES string of the molecule is C#Cc1cccc2cc(O)cc(-c3ncc4c(N5C[C@H]6CC[C@@H](C5)N6)nc(OCC56CCCN5Cc5cc(OC)ccc56)nc4c3F)c12. The molecule has 4 aliphatic heterocycles. The van der Waals surface area contributed by atoms with Crippen LogP contribution < -0.4 is 19.7 Å². The average molecular weight is 643 g/mol. The minimum atomic E-state index is -0.614. The van der Waals surface area contributed by atoms with Crippen LogP contribution in [-0.4, -0.2) is 70.4 Å². The largest absolute Gasteiger partial charge is 0.508 e.